The fourth-order valence-electron chi connectivity index (χ4n) is 2.67. The van der Waals surface area contributed by atoms with Gasteiger partial charge in [-0.1, -0.05) is 12.3 Å². The summed E-state index contributed by atoms with van der Waals surface area (Å²) in [5.74, 6) is 4.84. The van der Waals surface area contributed by atoms with Gasteiger partial charge in [-0.15, -0.1) is 5.92 Å². The smallest absolute Gasteiger partial charge is 0.248 e. The first-order valence-corrected chi connectivity index (χ1v) is 9.05. The van der Waals surface area contributed by atoms with Gasteiger partial charge in [-0.3, -0.25) is 10.0 Å². The molecule has 2 rings (SSSR count). The van der Waals surface area contributed by atoms with E-state index in [4.69, 9.17) is 9.94 Å². The van der Waals surface area contributed by atoms with Crippen LogP contribution in [0.15, 0.2) is 29.2 Å². The van der Waals surface area contributed by atoms with Crippen molar-refractivity contribution in [3.63, 3.8) is 0 Å². The van der Waals surface area contributed by atoms with E-state index in [1.807, 2.05) is 0 Å². The second kappa shape index (κ2) is 8.15. The van der Waals surface area contributed by atoms with Crippen molar-refractivity contribution in [2.45, 2.75) is 37.1 Å². The van der Waals surface area contributed by atoms with Gasteiger partial charge in [0, 0.05) is 6.04 Å². The Morgan fingerprint density at radius 1 is 1.33 bits per heavy atom. The molecule has 3 N–H and O–H groups in total. The molecule has 1 aliphatic rings. The molecular weight excluding hydrogens is 332 g/mol. The molecule has 1 saturated carbocycles. The summed E-state index contributed by atoms with van der Waals surface area (Å²) in [4.78, 5) is 11.7. The van der Waals surface area contributed by atoms with Crippen LogP contribution in [0.5, 0.6) is 5.75 Å². The van der Waals surface area contributed by atoms with Crippen LogP contribution in [0.1, 0.15) is 26.2 Å². The van der Waals surface area contributed by atoms with Crippen LogP contribution in [0.4, 0.5) is 0 Å². The Bertz CT molecular complexity index is 734. The first kappa shape index (κ1) is 18.3. The first-order valence-electron chi connectivity index (χ1n) is 7.56. The number of benzene rings is 1. The minimum atomic E-state index is -3.76. The Balaban J connectivity index is 2.06. The summed E-state index contributed by atoms with van der Waals surface area (Å²) in [6.45, 7) is 1.94. The minimum absolute atomic E-state index is 0.0893. The van der Waals surface area contributed by atoms with Crippen LogP contribution >= 0.6 is 0 Å². The lowest BCUT2D eigenvalue weighted by Crippen LogP contribution is -2.43. The van der Waals surface area contributed by atoms with Gasteiger partial charge in [-0.2, -0.15) is 0 Å². The number of ether oxygens (including phenoxy) is 1. The van der Waals surface area contributed by atoms with E-state index in [0.29, 0.717) is 18.6 Å². The first-order chi connectivity index (χ1) is 11.5. The van der Waals surface area contributed by atoms with Gasteiger partial charge in [-0.25, -0.2) is 18.6 Å². The number of carbonyl (C=O) groups excluding carboxylic acids is 1. The molecule has 1 amide bonds. The lowest BCUT2D eigenvalue weighted by molar-refractivity contribution is -0.133. The normalized spacial score (nSPS) is 20.1. The third-order valence-corrected chi connectivity index (χ3v) is 5.40. The van der Waals surface area contributed by atoms with E-state index in [2.05, 4.69) is 16.6 Å². The predicted molar refractivity (Wildman–Crippen MR) is 86.8 cm³/mol. The van der Waals surface area contributed by atoms with E-state index in [0.717, 1.165) is 6.42 Å². The average Bonchev–Trinajstić information content (AvgIpc) is 3.02. The number of hydrogen-bond acceptors (Lipinski definition) is 5. The lowest BCUT2D eigenvalue weighted by atomic mass is 10.0. The maximum atomic E-state index is 12.4. The Hall–Kier alpha value is -2.08. The lowest BCUT2D eigenvalue weighted by Gasteiger charge is -2.19. The summed E-state index contributed by atoms with van der Waals surface area (Å²) in [5.41, 5.74) is 1.59. The van der Waals surface area contributed by atoms with Crippen molar-refractivity contribution in [1.82, 2.24) is 10.2 Å². The average molecular weight is 352 g/mol. The summed E-state index contributed by atoms with van der Waals surface area (Å²) in [6, 6.07) is 5.45. The number of rotatable bonds is 6. The third kappa shape index (κ3) is 4.47. The van der Waals surface area contributed by atoms with E-state index in [1.54, 1.807) is 24.5 Å². The molecule has 1 aliphatic carbocycles. The summed E-state index contributed by atoms with van der Waals surface area (Å²) in [7, 11) is -3.76. The second-order valence-electron chi connectivity index (χ2n) is 5.43. The Morgan fingerprint density at radius 2 is 2.04 bits per heavy atom. The van der Waals surface area contributed by atoms with Crippen molar-refractivity contribution in [2.24, 2.45) is 5.92 Å². The van der Waals surface area contributed by atoms with Crippen molar-refractivity contribution in [3.8, 4) is 17.6 Å². The van der Waals surface area contributed by atoms with Crippen LogP contribution in [-0.4, -0.2) is 32.2 Å². The number of sulfonamides is 1. The van der Waals surface area contributed by atoms with Gasteiger partial charge >= 0.3 is 0 Å². The summed E-state index contributed by atoms with van der Waals surface area (Å²) >= 11 is 0. The van der Waals surface area contributed by atoms with Crippen LogP contribution in [0, 0.1) is 17.8 Å². The quantitative estimate of drug-likeness (QED) is 0.403. The number of nitrogens with one attached hydrogen (secondary N) is 2. The molecule has 8 heteroatoms. The van der Waals surface area contributed by atoms with Gasteiger partial charge in [0.15, 0.2) is 0 Å². The second-order valence-corrected chi connectivity index (χ2v) is 7.14. The van der Waals surface area contributed by atoms with Crippen LogP contribution < -0.4 is 14.9 Å². The Labute approximate surface area is 141 Å². The molecular formula is C16H20N2O5S. The number of hydrogen-bond donors (Lipinski definition) is 3. The molecule has 2 atom stereocenters. The maximum absolute atomic E-state index is 12.4. The summed E-state index contributed by atoms with van der Waals surface area (Å²) in [6.07, 6.45) is 1.80. The molecule has 0 heterocycles. The van der Waals surface area contributed by atoms with E-state index < -0.39 is 27.9 Å². The van der Waals surface area contributed by atoms with E-state index in [-0.39, 0.29) is 11.5 Å². The molecule has 24 heavy (non-hydrogen) atoms. The van der Waals surface area contributed by atoms with Gasteiger partial charge in [0.1, 0.15) is 12.4 Å². The molecule has 1 aromatic carbocycles. The van der Waals surface area contributed by atoms with E-state index in [1.165, 1.54) is 12.1 Å². The number of carbonyl (C=O) groups is 1. The van der Waals surface area contributed by atoms with Crippen LogP contribution in [0.25, 0.3) is 0 Å². The molecule has 0 aromatic heterocycles. The highest BCUT2D eigenvalue weighted by molar-refractivity contribution is 7.89. The molecule has 130 valence electrons. The zero-order valence-electron chi connectivity index (χ0n) is 13.3. The fraction of sp³-hybridized carbons (Fsp3) is 0.438. The van der Waals surface area contributed by atoms with Crippen LogP contribution in [0.3, 0.4) is 0 Å². The molecule has 7 nitrogen and oxygen atoms in total. The third-order valence-electron chi connectivity index (χ3n) is 3.89. The topological polar surface area (TPSA) is 105 Å². The standard InChI is InChI=1S/C16H20N2O5S/c1-2-3-11-23-12-7-9-13(10-8-12)24(21,22)18-15-6-4-5-14(15)16(19)17-20/h7-10,14-15,18,20H,4-6,11H2,1H3,(H,17,19). The minimum Gasteiger partial charge on any atom is -0.481 e. The van der Waals surface area contributed by atoms with E-state index >= 15 is 0 Å². The SMILES string of the molecule is CC#CCOc1ccc(S(=O)(=O)NC2CCCC2C(=O)NO)cc1. The highest BCUT2D eigenvalue weighted by Gasteiger charge is 2.35. The highest BCUT2D eigenvalue weighted by atomic mass is 32.2. The largest absolute Gasteiger partial charge is 0.481 e. The van der Waals surface area contributed by atoms with Gasteiger partial charge in [0.25, 0.3) is 0 Å². The van der Waals surface area contributed by atoms with E-state index in [9.17, 15) is 13.2 Å². The fourth-order valence-corrected chi connectivity index (χ4v) is 3.98. The molecule has 0 radical (unpaired) electrons. The number of amides is 1. The monoisotopic (exact) mass is 352 g/mol. The van der Waals surface area contributed by atoms with Crippen molar-refractivity contribution in [1.29, 1.82) is 0 Å². The molecule has 0 saturated heterocycles. The van der Waals surface area contributed by atoms with Crippen molar-refractivity contribution >= 4 is 15.9 Å². The predicted octanol–water partition coefficient (Wildman–Crippen LogP) is 1.04. The van der Waals surface area contributed by atoms with Crippen LogP contribution in [-0.2, 0) is 14.8 Å². The Kier molecular flexibility index (Phi) is 6.20. The molecule has 1 aromatic rings. The number of hydroxylamine groups is 1. The van der Waals surface area contributed by atoms with Crippen molar-refractivity contribution in [3.05, 3.63) is 24.3 Å². The molecule has 1 fully saturated rings. The molecule has 0 aliphatic heterocycles. The highest BCUT2D eigenvalue weighted by Crippen LogP contribution is 2.27. The van der Waals surface area contributed by atoms with Gasteiger partial charge < -0.3 is 4.74 Å². The summed E-state index contributed by atoms with van der Waals surface area (Å²) in [5, 5.41) is 8.75. The summed E-state index contributed by atoms with van der Waals surface area (Å²) < 4.78 is 32.8. The molecule has 0 spiro atoms. The molecule has 0 bridgehead atoms. The zero-order valence-corrected chi connectivity index (χ0v) is 14.1. The van der Waals surface area contributed by atoms with Gasteiger partial charge in [0.05, 0.1) is 10.8 Å². The van der Waals surface area contributed by atoms with Crippen molar-refractivity contribution < 1.29 is 23.2 Å². The van der Waals surface area contributed by atoms with Gasteiger partial charge in [-0.05, 0) is 44.0 Å². The Morgan fingerprint density at radius 3 is 2.67 bits per heavy atom. The zero-order chi connectivity index (χ0) is 17.6. The molecule has 2 unspecified atom stereocenters. The maximum Gasteiger partial charge on any atom is 0.248 e. The van der Waals surface area contributed by atoms with Crippen molar-refractivity contribution in [2.75, 3.05) is 6.61 Å². The van der Waals surface area contributed by atoms with Gasteiger partial charge in [0.2, 0.25) is 15.9 Å². The van der Waals surface area contributed by atoms with Crippen LogP contribution in [0.2, 0.25) is 0 Å².